The molecule has 1 aromatic heterocycles. The molecule has 0 aliphatic carbocycles. The Bertz CT molecular complexity index is 844. The summed E-state index contributed by atoms with van der Waals surface area (Å²) in [5, 5.41) is 2.52. The maximum Gasteiger partial charge on any atom is 0.516 e. The maximum absolute atomic E-state index is 13.4. The Hall–Kier alpha value is -2.91. The molecule has 29 heavy (non-hydrogen) atoms. The van der Waals surface area contributed by atoms with E-state index in [0.717, 1.165) is 0 Å². The van der Waals surface area contributed by atoms with Gasteiger partial charge in [-0.05, 0) is 32.9 Å². The summed E-state index contributed by atoms with van der Waals surface area (Å²) in [5.74, 6) is -0.396. The summed E-state index contributed by atoms with van der Waals surface area (Å²) in [5.41, 5.74) is 0. The van der Waals surface area contributed by atoms with Gasteiger partial charge < -0.3 is 23.3 Å². The first kappa shape index (κ1) is 22.4. The third kappa shape index (κ3) is 6.88. The van der Waals surface area contributed by atoms with Gasteiger partial charge in [-0.25, -0.2) is 4.57 Å². The van der Waals surface area contributed by atoms with Gasteiger partial charge in [0.25, 0.3) is 0 Å². The number of nitrogens with zero attached hydrogens (tertiary/aromatic N) is 3. The highest BCUT2D eigenvalue weighted by Gasteiger charge is 2.35. The van der Waals surface area contributed by atoms with Crippen LogP contribution in [0, 0.1) is 0 Å². The Labute approximate surface area is 168 Å². The van der Waals surface area contributed by atoms with Crippen molar-refractivity contribution < 1.29 is 32.6 Å². The molecule has 0 fully saturated rings. The van der Waals surface area contributed by atoms with Crippen LogP contribution in [-0.2, 0) is 14.1 Å². The summed E-state index contributed by atoms with van der Waals surface area (Å²) in [6, 6.07) is 6.64. The molecule has 2 aromatic rings. The van der Waals surface area contributed by atoms with Crippen LogP contribution >= 0.6 is 7.75 Å². The van der Waals surface area contributed by atoms with Gasteiger partial charge in [0, 0.05) is 0 Å². The zero-order valence-electron chi connectivity index (χ0n) is 16.7. The van der Waals surface area contributed by atoms with Crippen LogP contribution in [0.15, 0.2) is 30.3 Å². The smallest absolute Gasteiger partial charge is 0.467 e. The van der Waals surface area contributed by atoms with Crippen LogP contribution < -0.4 is 23.6 Å². The number of aromatic nitrogens is 3. The SMILES string of the molecule is COc1nc(OC)nc(OP(=O)(NC(C)C(=O)OC(C)C)Oc2ccccc2)n1. The van der Waals surface area contributed by atoms with Crippen molar-refractivity contribution in [3.8, 4) is 23.8 Å². The molecular formula is C17H23N4O7P. The van der Waals surface area contributed by atoms with Crippen LogP contribution in [0.4, 0.5) is 0 Å². The van der Waals surface area contributed by atoms with Crippen LogP contribution in [-0.4, -0.2) is 47.3 Å². The number of para-hydroxylation sites is 1. The molecule has 12 heteroatoms. The van der Waals surface area contributed by atoms with Crippen LogP contribution in [0.5, 0.6) is 23.8 Å². The molecule has 1 N–H and O–H groups in total. The van der Waals surface area contributed by atoms with Gasteiger partial charge in [0.2, 0.25) is 0 Å². The topological polar surface area (TPSA) is 131 Å². The number of hydrogen-bond acceptors (Lipinski definition) is 10. The van der Waals surface area contributed by atoms with Crippen molar-refractivity contribution in [1.82, 2.24) is 20.0 Å². The number of carbonyl (C=O) groups excluding carboxylic acids is 1. The number of nitrogens with one attached hydrogen (secondary N) is 1. The molecule has 2 atom stereocenters. The molecule has 0 saturated heterocycles. The van der Waals surface area contributed by atoms with Gasteiger partial charge in [0.15, 0.2) is 0 Å². The van der Waals surface area contributed by atoms with Crippen LogP contribution in [0.25, 0.3) is 0 Å². The molecule has 2 rings (SSSR count). The zero-order valence-corrected chi connectivity index (χ0v) is 17.6. The lowest BCUT2D eigenvalue weighted by Crippen LogP contribution is -2.37. The fourth-order valence-electron chi connectivity index (χ4n) is 1.97. The van der Waals surface area contributed by atoms with Gasteiger partial charge >= 0.3 is 31.7 Å². The number of hydrogen-bond donors (Lipinski definition) is 1. The molecule has 0 spiro atoms. The number of carbonyl (C=O) groups is 1. The van der Waals surface area contributed by atoms with Crippen LogP contribution in [0.2, 0.25) is 0 Å². The van der Waals surface area contributed by atoms with E-state index in [2.05, 4.69) is 20.0 Å². The highest BCUT2D eigenvalue weighted by Crippen LogP contribution is 2.44. The van der Waals surface area contributed by atoms with Gasteiger partial charge in [-0.2, -0.15) is 5.09 Å². The maximum atomic E-state index is 13.4. The van der Waals surface area contributed by atoms with E-state index in [1.807, 2.05) is 0 Å². The third-order valence-corrected chi connectivity index (χ3v) is 4.73. The van der Waals surface area contributed by atoms with Crippen LogP contribution in [0.3, 0.4) is 0 Å². The fourth-order valence-corrected chi connectivity index (χ4v) is 3.39. The monoisotopic (exact) mass is 426 g/mol. The number of rotatable bonds is 10. The average Bonchev–Trinajstić information content (AvgIpc) is 2.67. The molecule has 0 saturated carbocycles. The minimum Gasteiger partial charge on any atom is -0.467 e. The van der Waals surface area contributed by atoms with Gasteiger partial charge in [-0.3, -0.25) is 4.79 Å². The predicted molar refractivity (Wildman–Crippen MR) is 102 cm³/mol. The zero-order chi connectivity index (χ0) is 21.4. The Kier molecular flexibility index (Phi) is 7.74. The molecule has 0 amide bonds. The first-order valence-corrected chi connectivity index (χ1v) is 10.2. The molecular weight excluding hydrogens is 403 g/mol. The van der Waals surface area contributed by atoms with Gasteiger partial charge in [-0.1, -0.05) is 18.2 Å². The average molecular weight is 426 g/mol. The molecule has 0 aliphatic heterocycles. The van der Waals surface area contributed by atoms with Gasteiger partial charge in [-0.15, -0.1) is 15.0 Å². The first-order valence-electron chi connectivity index (χ1n) is 8.61. The van der Waals surface area contributed by atoms with Crippen molar-refractivity contribution in [3.05, 3.63) is 30.3 Å². The van der Waals surface area contributed by atoms with Crippen molar-refractivity contribution in [2.75, 3.05) is 14.2 Å². The van der Waals surface area contributed by atoms with Crippen molar-refractivity contribution >= 4 is 13.7 Å². The second-order valence-corrected chi connectivity index (χ2v) is 7.54. The Balaban J connectivity index is 2.31. The molecule has 158 valence electrons. The van der Waals surface area contributed by atoms with Crippen molar-refractivity contribution in [3.63, 3.8) is 0 Å². The second-order valence-electron chi connectivity index (χ2n) is 5.92. The van der Waals surface area contributed by atoms with Crippen molar-refractivity contribution in [1.29, 1.82) is 0 Å². The normalized spacial score (nSPS) is 13.9. The van der Waals surface area contributed by atoms with Crippen molar-refractivity contribution in [2.45, 2.75) is 32.9 Å². The fraction of sp³-hybridized carbons (Fsp3) is 0.412. The lowest BCUT2D eigenvalue weighted by atomic mass is 10.3. The summed E-state index contributed by atoms with van der Waals surface area (Å²) in [6.07, 6.45) is -0.348. The van der Waals surface area contributed by atoms with Gasteiger partial charge in [0.05, 0.1) is 20.3 Å². The highest BCUT2D eigenvalue weighted by atomic mass is 31.2. The van der Waals surface area contributed by atoms with E-state index in [1.54, 1.807) is 44.2 Å². The largest absolute Gasteiger partial charge is 0.516 e. The van der Waals surface area contributed by atoms with E-state index in [1.165, 1.54) is 21.1 Å². The number of methoxy groups -OCH3 is 2. The molecule has 1 heterocycles. The summed E-state index contributed by atoms with van der Waals surface area (Å²) in [6.45, 7) is 4.86. The van der Waals surface area contributed by atoms with E-state index >= 15 is 0 Å². The first-order chi connectivity index (χ1) is 13.7. The second kappa shape index (κ2) is 10.0. The third-order valence-electron chi connectivity index (χ3n) is 3.17. The highest BCUT2D eigenvalue weighted by molar-refractivity contribution is 7.52. The molecule has 0 bridgehead atoms. The standard InChI is InChI=1S/C17H23N4O7P/c1-11(2)26-14(22)12(3)21-29(23,27-13-9-7-6-8-10-13)28-17-19-15(24-4)18-16(20-17)25-5/h6-12H,1-5H3,(H,21,23). The quantitative estimate of drug-likeness (QED) is 0.444. The number of ether oxygens (including phenoxy) is 3. The molecule has 2 unspecified atom stereocenters. The summed E-state index contributed by atoms with van der Waals surface area (Å²) < 4.78 is 39.3. The lowest BCUT2D eigenvalue weighted by molar-refractivity contribution is -0.149. The predicted octanol–water partition coefficient (Wildman–Crippen LogP) is 2.38. The summed E-state index contributed by atoms with van der Waals surface area (Å²) in [4.78, 5) is 23.7. The molecule has 0 aliphatic rings. The lowest BCUT2D eigenvalue weighted by Gasteiger charge is -2.22. The molecule has 11 nitrogen and oxygen atoms in total. The van der Waals surface area contributed by atoms with E-state index in [9.17, 15) is 9.36 Å². The minimum absolute atomic E-state index is 0.120. The summed E-state index contributed by atoms with van der Waals surface area (Å²) in [7, 11) is -1.52. The van der Waals surface area contributed by atoms with Gasteiger partial charge in [0.1, 0.15) is 11.8 Å². The molecule has 0 radical (unpaired) electrons. The van der Waals surface area contributed by atoms with Crippen molar-refractivity contribution in [2.24, 2.45) is 0 Å². The Morgan fingerprint density at radius 3 is 2.00 bits per heavy atom. The number of benzene rings is 1. The van der Waals surface area contributed by atoms with Crippen LogP contribution in [0.1, 0.15) is 20.8 Å². The van der Waals surface area contributed by atoms with E-state index < -0.39 is 19.8 Å². The Morgan fingerprint density at radius 2 is 1.48 bits per heavy atom. The molecule has 1 aromatic carbocycles. The minimum atomic E-state index is -4.19. The Morgan fingerprint density at radius 1 is 0.931 bits per heavy atom. The van der Waals surface area contributed by atoms with E-state index in [4.69, 9.17) is 23.3 Å². The van der Waals surface area contributed by atoms with E-state index in [0.29, 0.717) is 0 Å². The summed E-state index contributed by atoms with van der Waals surface area (Å²) >= 11 is 0. The van der Waals surface area contributed by atoms with E-state index in [-0.39, 0.29) is 29.9 Å². The number of esters is 1.